The maximum absolute atomic E-state index is 12.3. The Morgan fingerprint density at radius 1 is 1.26 bits per heavy atom. The molecule has 0 aliphatic carbocycles. The predicted octanol–water partition coefficient (Wildman–Crippen LogP) is 2.13. The lowest BCUT2D eigenvalue weighted by molar-refractivity contribution is 0.0794. The largest absolute Gasteiger partial charge is 0.330 e. The van der Waals surface area contributed by atoms with Gasteiger partial charge in [0, 0.05) is 13.1 Å². The third-order valence-corrected chi connectivity index (χ3v) is 4.13. The number of nitrogens with one attached hydrogen (secondary N) is 1. The van der Waals surface area contributed by atoms with Crippen molar-refractivity contribution >= 4 is 16.9 Å². The van der Waals surface area contributed by atoms with Gasteiger partial charge in [0.15, 0.2) is 5.69 Å². The molecule has 23 heavy (non-hydrogen) atoms. The second kappa shape index (κ2) is 5.39. The van der Waals surface area contributed by atoms with E-state index in [9.17, 15) is 4.79 Å². The van der Waals surface area contributed by atoms with Crippen LogP contribution < -0.4 is 0 Å². The van der Waals surface area contributed by atoms with Gasteiger partial charge in [0.2, 0.25) is 0 Å². The second-order valence-corrected chi connectivity index (χ2v) is 5.69. The van der Waals surface area contributed by atoms with Crippen molar-refractivity contribution in [3.05, 3.63) is 59.7 Å². The van der Waals surface area contributed by atoms with Crippen LogP contribution in [0.4, 0.5) is 0 Å². The number of amides is 1. The molecular formula is C17H17N5O. The van der Waals surface area contributed by atoms with Crippen LogP contribution in [0.3, 0.4) is 0 Å². The minimum atomic E-state index is -0.0373. The van der Waals surface area contributed by atoms with Crippen LogP contribution >= 0.6 is 0 Å². The molecule has 2 aromatic heterocycles. The molecule has 1 amide bonds. The number of hydrogen-bond donors (Lipinski definition) is 1. The molecule has 116 valence electrons. The number of rotatable bonds is 3. The minimum Gasteiger partial charge on any atom is -0.330 e. The Bertz CT molecular complexity index is 897. The monoisotopic (exact) mass is 307 g/mol. The Kier molecular flexibility index (Phi) is 3.22. The summed E-state index contributed by atoms with van der Waals surface area (Å²) >= 11 is 0. The van der Waals surface area contributed by atoms with Gasteiger partial charge in [0.1, 0.15) is 5.82 Å². The fourth-order valence-electron chi connectivity index (χ4n) is 2.92. The lowest BCUT2D eigenvalue weighted by Crippen LogP contribution is -2.28. The Labute approximate surface area is 133 Å². The van der Waals surface area contributed by atoms with E-state index >= 15 is 0 Å². The highest BCUT2D eigenvalue weighted by molar-refractivity contribution is 5.92. The number of imidazole rings is 1. The Hall–Kier alpha value is -2.89. The molecule has 0 saturated carbocycles. The van der Waals surface area contributed by atoms with E-state index in [1.54, 1.807) is 4.90 Å². The summed E-state index contributed by atoms with van der Waals surface area (Å²) in [4.78, 5) is 18.6. The molecular weight excluding hydrogens is 290 g/mol. The lowest BCUT2D eigenvalue weighted by atomic mass is 10.3. The first-order valence-corrected chi connectivity index (χ1v) is 7.63. The van der Waals surface area contributed by atoms with E-state index in [2.05, 4.69) is 19.7 Å². The quantitative estimate of drug-likeness (QED) is 0.754. The summed E-state index contributed by atoms with van der Waals surface area (Å²) in [6, 6.07) is 9.86. The zero-order valence-electron chi connectivity index (χ0n) is 12.9. The number of aromatic amines is 1. The normalized spacial score (nSPS) is 14.0. The van der Waals surface area contributed by atoms with Crippen molar-refractivity contribution in [1.29, 1.82) is 0 Å². The number of carbonyl (C=O) groups is 1. The molecule has 0 saturated heterocycles. The Balaban J connectivity index is 1.59. The van der Waals surface area contributed by atoms with Crippen LogP contribution in [0.2, 0.25) is 0 Å². The van der Waals surface area contributed by atoms with E-state index < -0.39 is 0 Å². The number of carbonyl (C=O) groups excluding carboxylic acids is 1. The summed E-state index contributed by atoms with van der Waals surface area (Å²) in [5.74, 6) is 0.905. The summed E-state index contributed by atoms with van der Waals surface area (Å²) in [5, 5.41) is 7.15. The first-order chi connectivity index (χ1) is 11.2. The minimum absolute atomic E-state index is 0.0373. The van der Waals surface area contributed by atoms with Gasteiger partial charge in [-0.15, -0.1) is 0 Å². The van der Waals surface area contributed by atoms with Gasteiger partial charge >= 0.3 is 0 Å². The van der Waals surface area contributed by atoms with Crippen LogP contribution in [0.1, 0.15) is 22.0 Å². The maximum atomic E-state index is 12.3. The number of fused-ring (bicyclic) bond motifs is 1. The van der Waals surface area contributed by atoms with Crippen molar-refractivity contribution in [3.63, 3.8) is 0 Å². The summed E-state index contributed by atoms with van der Waals surface area (Å²) in [5.41, 5.74) is 3.41. The van der Waals surface area contributed by atoms with Gasteiger partial charge in [-0.3, -0.25) is 9.89 Å². The molecule has 0 unspecified atom stereocenters. The number of para-hydroxylation sites is 2. The van der Waals surface area contributed by atoms with Gasteiger partial charge in [-0.1, -0.05) is 24.3 Å². The van der Waals surface area contributed by atoms with E-state index in [1.165, 1.54) is 0 Å². The third kappa shape index (κ3) is 2.42. The van der Waals surface area contributed by atoms with Crippen molar-refractivity contribution < 1.29 is 4.79 Å². The van der Waals surface area contributed by atoms with Crippen molar-refractivity contribution in [3.8, 4) is 0 Å². The van der Waals surface area contributed by atoms with E-state index in [0.29, 0.717) is 25.3 Å². The fraction of sp³-hybridized carbons (Fsp3) is 0.235. The average molecular weight is 307 g/mol. The molecule has 4 rings (SSSR count). The number of aryl methyl sites for hydroxylation is 1. The molecule has 6 heteroatoms. The topological polar surface area (TPSA) is 66.8 Å². The number of nitrogens with zero attached hydrogens (tertiary/aromatic N) is 4. The number of aromatic nitrogens is 4. The Morgan fingerprint density at radius 3 is 2.87 bits per heavy atom. The van der Waals surface area contributed by atoms with Crippen molar-refractivity contribution in [2.45, 2.75) is 13.5 Å². The van der Waals surface area contributed by atoms with E-state index in [-0.39, 0.29) is 5.91 Å². The van der Waals surface area contributed by atoms with E-state index in [0.717, 1.165) is 22.6 Å². The van der Waals surface area contributed by atoms with Gasteiger partial charge in [-0.05, 0) is 25.1 Å². The Morgan fingerprint density at radius 2 is 2.04 bits per heavy atom. The third-order valence-electron chi connectivity index (χ3n) is 4.13. The van der Waals surface area contributed by atoms with Crippen molar-refractivity contribution in [2.24, 2.45) is 0 Å². The van der Waals surface area contributed by atoms with Gasteiger partial charge in [-0.25, -0.2) is 4.98 Å². The number of hydrogen-bond acceptors (Lipinski definition) is 3. The molecule has 3 aromatic rings. The van der Waals surface area contributed by atoms with Crippen molar-refractivity contribution in [2.75, 3.05) is 13.1 Å². The molecule has 3 heterocycles. The smallest absolute Gasteiger partial charge is 0.274 e. The van der Waals surface area contributed by atoms with Crippen LogP contribution in [0, 0.1) is 6.92 Å². The highest BCUT2D eigenvalue weighted by Crippen LogP contribution is 2.17. The van der Waals surface area contributed by atoms with Crippen LogP contribution in [0.5, 0.6) is 0 Å². The fourth-order valence-corrected chi connectivity index (χ4v) is 2.92. The van der Waals surface area contributed by atoms with E-state index in [1.807, 2.05) is 49.4 Å². The van der Waals surface area contributed by atoms with Crippen LogP contribution in [-0.2, 0) is 6.54 Å². The van der Waals surface area contributed by atoms with Crippen LogP contribution in [-0.4, -0.2) is 43.6 Å². The van der Waals surface area contributed by atoms with Gasteiger partial charge in [-0.2, -0.15) is 5.10 Å². The molecule has 0 bridgehead atoms. The molecule has 1 aromatic carbocycles. The molecule has 1 N–H and O–H groups in total. The SMILES string of the molecule is Cc1nc2ccccc2n1Cc1cc(C(=O)N2CC=CC2)n[nH]1. The van der Waals surface area contributed by atoms with Gasteiger partial charge in [0.25, 0.3) is 5.91 Å². The molecule has 0 radical (unpaired) electrons. The van der Waals surface area contributed by atoms with Crippen LogP contribution in [0.25, 0.3) is 11.0 Å². The zero-order chi connectivity index (χ0) is 15.8. The first kappa shape index (κ1) is 13.8. The molecule has 1 aliphatic heterocycles. The molecule has 0 spiro atoms. The standard InChI is InChI=1S/C17H17N5O/c1-12-18-14-6-2-3-7-16(14)22(12)11-13-10-15(20-19-13)17(23)21-8-4-5-9-21/h2-7,10H,8-9,11H2,1H3,(H,19,20). The van der Waals surface area contributed by atoms with Gasteiger partial charge in [0.05, 0.1) is 23.3 Å². The summed E-state index contributed by atoms with van der Waals surface area (Å²) in [6.45, 7) is 3.92. The number of H-pyrrole nitrogens is 1. The van der Waals surface area contributed by atoms with Crippen LogP contribution in [0.15, 0.2) is 42.5 Å². The average Bonchev–Trinajstić information content (AvgIpc) is 3.28. The summed E-state index contributed by atoms with van der Waals surface area (Å²) in [6.07, 6.45) is 3.99. The molecule has 0 atom stereocenters. The molecule has 1 aliphatic rings. The first-order valence-electron chi connectivity index (χ1n) is 7.63. The van der Waals surface area contributed by atoms with E-state index in [4.69, 9.17) is 0 Å². The summed E-state index contributed by atoms with van der Waals surface area (Å²) < 4.78 is 2.12. The maximum Gasteiger partial charge on any atom is 0.274 e. The zero-order valence-corrected chi connectivity index (χ0v) is 12.9. The summed E-state index contributed by atoms with van der Waals surface area (Å²) in [7, 11) is 0. The molecule has 6 nitrogen and oxygen atoms in total. The predicted molar refractivity (Wildman–Crippen MR) is 87.2 cm³/mol. The lowest BCUT2D eigenvalue weighted by Gasteiger charge is -2.12. The highest BCUT2D eigenvalue weighted by Gasteiger charge is 2.19. The molecule has 0 fully saturated rings. The van der Waals surface area contributed by atoms with Gasteiger partial charge < -0.3 is 9.47 Å². The number of benzene rings is 1. The highest BCUT2D eigenvalue weighted by atomic mass is 16.2. The van der Waals surface area contributed by atoms with Crippen molar-refractivity contribution in [1.82, 2.24) is 24.6 Å². The second-order valence-electron chi connectivity index (χ2n) is 5.69.